The van der Waals surface area contributed by atoms with Crippen molar-refractivity contribution in [3.63, 3.8) is 0 Å². The van der Waals surface area contributed by atoms with E-state index >= 15 is 0 Å². The molecule has 8 nitrogen and oxygen atoms in total. The van der Waals surface area contributed by atoms with Crippen molar-refractivity contribution < 1.29 is 9.13 Å². The lowest BCUT2D eigenvalue weighted by atomic mass is 9.95. The van der Waals surface area contributed by atoms with Crippen molar-refractivity contribution in [1.82, 2.24) is 30.0 Å². The molecule has 40 heavy (non-hydrogen) atoms. The number of hydrogen-bond acceptors (Lipinski definition) is 7. The highest BCUT2D eigenvalue weighted by atomic mass is 19.1. The predicted molar refractivity (Wildman–Crippen MR) is 157 cm³/mol. The maximum atomic E-state index is 13.2. The first-order valence-electron chi connectivity index (χ1n) is 13.8. The number of halogens is 1. The Morgan fingerprint density at radius 3 is 2.75 bits per heavy atom. The van der Waals surface area contributed by atoms with Crippen molar-refractivity contribution >= 4 is 23.4 Å². The first-order chi connectivity index (χ1) is 19.6. The van der Waals surface area contributed by atoms with Crippen LogP contribution in [0.15, 0.2) is 79.2 Å². The molecule has 5 rings (SSSR count). The lowest BCUT2D eigenvalue weighted by molar-refractivity contribution is 0.238. The number of ether oxygens (including phenoxy) is 1. The van der Waals surface area contributed by atoms with Crippen LogP contribution in [0.25, 0.3) is 11.8 Å². The van der Waals surface area contributed by atoms with E-state index in [1.807, 2.05) is 55.5 Å². The van der Waals surface area contributed by atoms with Crippen molar-refractivity contribution in [1.29, 1.82) is 0 Å². The molecule has 1 saturated heterocycles. The summed E-state index contributed by atoms with van der Waals surface area (Å²) in [5.74, 6) is 1.73. The number of aromatic nitrogens is 4. The number of rotatable bonds is 12. The summed E-state index contributed by atoms with van der Waals surface area (Å²) in [7, 11) is 0. The van der Waals surface area contributed by atoms with Gasteiger partial charge in [-0.05, 0) is 87.8 Å². The van der Waals surface area contributed by atoms with E-state index in [4.69, 9.17) is 14.8 Å². The van der Waals surface area contributed by atoms with E-state index in [1.54, 1.807) is 10.7 Å². The van der Waals surface area contributed by atoms with Crippen molar-refractivity contribution in [3.8, 4) is 5.75 Å². The molecule has 0 radical (unpaired) electrons. The fourth-order valence-electron chi connectivity index (χ4n) is 4.82. The van der Waals surface area contributed by atoms with Crippen molar-refractivity contribution in [2.45, 2.75) is 32.7 Å². The Kier molecular flexibility index (Phi) is 9.03. The van der Waals surface area contributed by atoms with Crippen molar-refractivity contribution in [2.24, 2.45) is 5.92 Å². The van der Waals surface area contributed by atoms with Crippen LogP contribution < -0.4 is 15.4 Å². The Morgan fingerprint density at radius 1 is 1.18 bits per heavy atom. The van der Waals surface area contributed by atoms with E-state index in [9.17, 15) is 4.39 Å². The van der Waals surface area contributed by atoms with Crippen LogP contribution in [-0.2, 0) is 6.54 Å². The summed E-state index contributed by atoms with van der Waals surface area (Å²) in [5.41, 5.74) is 3.52. The number of hydrogen-bond donors (Lipinski definition) is 2. The number of anilines is 2. The molecule has 9 heteroatoms. The Labute approximate surface area is 235 Å². The van der Waals surface area contributed by atoms with E-state index in [2.05, 4.69) is 33.2 Å². The summed E-state index contributed by atoms with van der Waals surface area (Å²) in [6.45, 7) is 10.8. The standard InChI is InChI=1S/C31H36FN7O/c1-3-7-30-36-31(35-26-12-14-29(15-13-26)40-19-18-38-16-4-5-17-38)37-39(30)23(2)24-8-6-9-27(20-24)34-22-28-11-10-25(32)21-33-28/h3,6-15,21,24,34H,2,4-5,16-20,22H2,1H3,(H,35,37)/b7-3-. The summed E-state index contributed by atoms with van der Waals surface area (Å²) in [6, 6.07) is 11.0. The molecule has 0 spiro atoms. The number of benzene rings is 1. The van der Waals surface area contributed by atoms with E-state index < -0.39 is 0 Å². The number of pyridine rings is 1. The fraction of sp³-hybridized carbons (Fsp3) is 0.323. The molecule has 208 valence electrons. The van der Waals surface area contributed by atoms with Crippen LogP contribution in [0.2, 0.25) is 0 Å². The van der Waals surface area contributed by atoms with Gasteiger partial charge in [0.15, 0.2) is 5.82 Å². The first-order valence-corrected chi connectivity index (χ1v) is 13.8. The molecule has 0 saturated carbocycles. The van der Waals surface area contributed by atoms with Gasteiger partial charge in [0.1, 0.15) is 18.2 Å². The molecule has 1 unspecified atom stereocenters. The highest BCUT2D eigenvalue weighted by molar-refractivity contribution is 5.59. The van der Waals surface area contributed by atoms with Gasteiger partial charge in [-0.15, -0.1) is 5.10 Å². The molecule has 1 aliphatic carbocycles. The molecule has 1 aliphatic heterocycles. The van der Waals surface area contributed by atoms with E-state index in [-0.39, 0.29) is 11.7 Å². The normalized spacial score (nSPS) is 17.2. The fourth-order valence-corrected chi connectivity index (χ4v) is 4.82. The molecule has 2 aromatic heterocycles. The Hall–Kier alpha value is -4.24. The molecule has 2 aliphatic rings. The van der Waals surface area contributed by atoms with Gasteiger partial charge in [-0.2, -0.15) is 4.98 Å². The van der Waals surface area contributed by atoms with E-state index in [0.717, 1.165) is 41.5 Å². The van der Waals surface area contributed by atoms with Gasteiger partial charge in [0.05, 0.1) is 18.4 Å². The molecule has 0 bridgehead atoms. The second-order valence-electron chi connectivity index (χ2n) is 9.95. The minimum Gasteiger partial charge on any atom is -0.492 e. The van der Waals surface area contributed by atoms with Crippen LogP contribution in [0.4, 0.5) is 16.0 Å². The van der Waals surface area contributed by atoms with Crippen molar-refractivity contribution in [2.75, 3.05) is 31.6 Å². The quantitative estimate of drug-likeness (QED) is 0.301. The maximum Gasteiger partial charge on any atom is 0.247 e. The second kappa shape index (κ2) is 13.2. The molecule has 0 amide bonds. The topological polar surface area (TPSA) is 80.1 Å². The molecule has 2 N–H and O–H groups in total. The minimum atomic E-state index is -0.340. The summed E-state index contributed by atoms with van der Waals surface area (Å²) < 4.78 is 20.9. The van der Waals surface area contributed by atoms with Crippen LogP contribution in [0.1, 0.15) is 37.7 Å². The van der Waals surface area contributed by atoms with E-state index in [1.165, 1.54) is 38.2 Å². The average Bonchev–Trinajstić information content (AvgIpc) is 3.64. The maximum absolute atomic E-state index is 13.2. The summed E-state index contributed by atoms with van der Waals surface area (Å²) in [4.78, 5) is 11.3. The lowest BCUT2D eigenvalue weighted by Gasteiger charge is -2.22. The molecular formula is C31H36FN7O. The largest absolute Gasteiger partial charge is 0.492 e. The van der Waals surface area contributed by atoms with Gasteiger partial charge in [-0.1, -0.05) is 24.8 Å². The predicted octanol–water partition coefficient (Wildman–Crippen LogP) is 5.78. The second-order valence-corrected chi connectivity index (χ2v) is 9.95. The third-order valence-corrected chi connectivity index (χ3v) is 7.00. The SMILES string of the molecule is C=C(C1C=CC=C(NCc2ccc(F)cn2)C1)n1nc(Nc2ccc(OCCN3CCCC3)cc2)nc1/C=C\C. The smallest absolute Gasteiger partial charge is 0.247 e. The third-order valence-electron chi connectivity index (χ3n) is 7.00. The molecule has 3 aromatic rings. The third kappa shape index (κ3) is 7.24. The Balaban J connectivity index is 1.18. The summed E-state index contributed by atoms with van der Waals surface area (Å²) >= 11 is 0. The van der Waals surface area contributed by atoms with Gasteiger partial charge in [0.25, 0.3) is 0 Å². The number of likely N-dealkylation sites (tertiary alicyclic amines) is 1. The van der Waals surface area contributed by atoms with Crippen LogP contribution in [0.5, 0.6) is 5.75 Å². The van der Waals surface area contributed by atoms with Crippen LogP contribution in [0.3, 0.4) is 0 Å². The zero-order chi connectivity index (χ0) is 27.7. The minimum absolute atomic E-state index is 0.0317. The Morgan fingerprint density at radius 2 is 2.00 bits per heavy atom. The molecule has 1 atom stereocenters. The van der Waals surface area contributed by atoms with Gasteiger partial charge in [-0.3, -0.25) is 9.88 Å². The molecule has 1 fully saturated rings. The zero-order valence-corrected chi connectivity index (χ0v) is 22.9. The van der Waals surface area contributed by atoms with Gasteiger partial charge in [-0.25, -0.2) is 9.07 Å². The Bertz CT molecular complexity index is 1370. The summed E-state index contributed by atoms with van der Waals surface area (Å²) in [5, 5.41) is 11.4. The highest BCUT2D eigenvalue weighted by Gasteiger charge is 2.20. The van der Waals surface area contributed by atoms with Crippen LogP contribution in [-0.4, -0.2) is 50.9 Å². The highest BCUT2D eigenvalue weighted by Crippen LogP contribution is 2.28. The number of nitrogens with zero attached hydrogens (tertiary/aromatic N) is 5. The monoisotopic (exact) mass is 541 g/mol. The van der Waals surface area contributed by atoms with Gasteiger partial charge >= 0.3 is 0 Å². The lowest BCUT2D eigenvalue weighted by Crippen LogP contribution is -2.25. The van der Waals surface area contributed by atoms with Crippen LogP contribution >= 0.6 is 0 Å². The number of nitrogens with one attached hydrogen (secondary N) is 2. The van der Waals surface area contributed by atoms with Crippen LogP contribution in [0, 0.1) is 11.7 Å². The van der Waals surface area contributed by atoms with Gasteiger partial charge in [0.2, 0.25) is 5.95 Å². The average molecular weight is 542 g/mol. The molecular weight excluding hydrogens is 505 g/mol. The van der Waals surface area contributed by atoms with Crippen molar-refractivity contribution in [3.05, 3.63) is 96.5 Å². The van der Waals surface area contributed by atoms with E-state index in [0.29, 0.717) is 24.9 Å². The zero-order valence-electron chi connectivity index (χ0n) is 22.9. The number of allylic oxidation sites excluding steroid dienone is 6. The van der Waals surface area contributed by atoms with Gasteiger partial charge < -0.3 is 15.4 Å². The molecule has 3 heterocycles. The first kappa shape index (κ1) is 27.3. The molecule has 1 aromatic carbocycles. The van der Waals surface area contributed by atoms with Gasteiger partial charge in [0, 0.05) is 29.5 Å². The summed E-state index contributed by atoms with van der Waals surface area (Å²) in [6.07, 6.45) is 14.6.